The molecular weight excluding hydrogens is 236 g/mol. The fourth-order valence-corrected chi connectivity index (χ4v) is 2.66. The maximum absolute atomic E-state index is 5.85. The van der Waals surface area contributed by atoms with E-state index in [0.29, 0.717) is 12.5 Å². The van der Waals surface area contributed by atoms with E-state index in [0.717, 1.165) is 5.75 Å². The molecule has 3 nitrogen and oxygen atoms in total. The molecule has 0 saturated heterocycles. The van der Waals surface area contributed by atoms with Crippen molar-refractivity contribution in [2.75, 3.05) is 6.54 Å². The number of nitrogens with two attached hydrogens (primary N) is 1. The van der Waals surface area contributed by atoms with Gasteiger partial charge in [-0.3, -0.25) is 0 Å². The molecule has 0 aliphatic heterocycles. The normalized spacial score (nSPS) is 13.2. The summed E-state index contributed by atoms with van der Waals surface area (Å²) < 4.78 is 8.03. The van der Waals surface area contributed by atoms with Crippen LogP contribution in [0.15, 0.2) is 18.2 Å². The summed E-state index contributed by atoms with van der Waals surface area (Å²) in [5.41, 5.74) is 9.72. The highest BCUT2D eigenvalue weighted by atomic mass is 16.5. The quantitative estimate of drug-likeness (QED) is 0.916. The van der Waals surface area contributed by atoms with Crippen LogP contribution in [0.4, 0.5) is 0 Å². The number of fused-ring (bicyclic) bond motifs is 1. The maximum Gasteiger partial charge on any atom is 0.120 e. The van der Waals surface area contributed by atoms with Crippen molar-refractivity contribution in [1.29, 1.82) is 0 Å². The second-order valence-electron chi connectivity index (χ2n) is 5.54. The van der Waals surface area contributed by atoms with E-state index in [9.17, 15) is 0 Å². The van der Waals surface area contributed by atoms with Crippen LogP contribution in [0.5, 0.6) is 5.75 Å². The molecule has 0 amide bonds. The van der Waals surface area contributed by atoms with Crippen LogP contribution in [0.25, 0.3) is 10.9 Å². The minimum atomic E-state index is 0.192. The topological polar surface area (TPSA) is 40.2 Å². The van der Waals surface area contributed by atoms with Gasteiger partial charge in [0.2, 0.25) is 0 Å². The lowest BCUT2D eigenvalue weighted by Gasteiger charge is -2.12. The molecule has 0 aliphatic carbocycles. The molecule has 1 heterocycles. The van der Waals surface area contributed by atoms with Gasteiger partial charge in [0.25, 0.3) is 0 Å². The third kappa shape index (κ3) is 2.47. The largest absolute Gasteiger partial charge is 0.491 e. The number of hydrogen-bond donors (Lipinski definition) is 1. The number of ether oxygens (including phenoxy) is 1. The molecular formula is C16H24N2O. The van der Waals surface area contributed by atoms with Crippen LogP contribution in [0, 0.1) is 6.92 Å². The lowest BCUT2D eigenvalue weighted by atomic mass is 9.98. The molecule has 2 N–H and O–H groups in total. The van der Waals surface area contributed by atoms with Gasteiger partial charge in [0.15, 0.2) is 0 Å². The Morgan fingerprint density at radius 3 is 2.53 bits per heavy atom. The zero-order chi connectivity index (χ0) is 14.2. The Bertz CT molecular complexity index is 584. The molecule has 2 rings (SSSR count). The summed E-state index contributed by atoms with van der Waals surface area (Å²) >= 11 is 0. The SMILES string of the molecule is Cc1c(C(C)CN)c2cc(OC(C)C)ccc2n1C. The number of rotatable bonds is 4. The van der Waals surface area contributed by atoms with Crippen LogP contribution < -0.4 is 10.5 Å². The predicted molar refractivity (Wildman–Crippen MR) is 80.9 cm³/mol. The first kappa shape index (κ1) is 13.9. The van der Waals surface area contributed by atoms with E-state index in [1.54, 1.807) is 0 Å². The second-order valence-corrected chi connectivity index (χ2v) is 5.54. The first-order chi connectivity index (χ1) is 8.95. The molecule has 0 saturated carbocycles. The van der Waals surface area contributed by atoms with Gasteiger partial charge in [-0.15, -0.1) is 0 Å². The summed E-state index contributed by atoms with van der Waals surface area (Å²) in [4.78, 5) is 0. The van der Waals surface area contributed by atoms with E-state index in [1.807, 2.05) is 19.9 Å². The first-order valence-corrected chi connectivity index (χ1v) is 6.91. The maximum atomic E-state index is 5.85. The number of nitrogens with zero attached hydrogens (tertiary/aromatic N) is 1. The van der Waals surface area contributed by atoms with Gasteiger partial charge in [0.05, 0.1) is 6.10 Å². The monoisotopic (exact) mass is 260 g/mol. The minimum absolute atomic E-state index is 0.192. The lowest BCUT2D eigenvalue weighted by Crippen LogP contribution is -2.10. The molecule has 1 atom stereocenters. The highest BCUT2D eigenvalue weighted by molar-refractivity contribution is 5.87. The van der Waals surface area contributed by atoms with Crippen molar-refractivity contribution in [3.8, 4) is 5.75 Å². The Morgan fingerprint density at radius 2 is 1.95 bits per heavy atom. The zero-order valence-corrected chi connectivity index (χ0v) is 12.5. The molecule has 0 spiro atoms. The third-order valence-corrected chi connectivity index (χ3v) is 3.73. The van der Waals surface area contributed by atoms with E-state index in [1.165, 1.54) is 22.2 Å². The van der Waals surface area contributed by atoms with E-state index in [-0.39, 0.29) is 6.10 Å². The number of aromatic nitrogens is 1. The standard InChI is InChI=1S/C16H24N2O/c1-10(2)19-13-6-7-15-14(8-13)16(11(3)9-17)12(4)18(15)5/h6-8,10-11H,9,17H2,1-5H3. The van der Waals surface area contributed by atoms with Crippen LogP contribution in [-0.4, -0.2) is 17.2 Å². The Hall–Kier alpha value is -1.48. The van der Waals surface area contributed by atoms with Gasteiger partial charge in [0, 0.05) is 23.6 Å². The molecule has 0 radical (unpaired) electrons. The summed E-state index contributed by atoms with van der Waals surface area (Å²) in [6.07, 6.45) is 0.192. The van der Waals surface area contributed by atoms with Gasteiger partial charge < -0.3 is 15.0 Å². The van der Waals surface area contributed by atoms with Crippen molar-refractivity contribution < 1.29 is 4.74 Å². The van der Waals surface area contributed by atoms with E-state index < -0.39 is 0 Å². The number of benzene rings is 1. The molecule has 104 valence electrons. The van der Waals surface area contributed by atoms with Crippen molar-refractivity contribution in [2.24, 2.45) is 12.8 Å². The average molecular weight is 260 g/mol. The van der Waals surface area contributed by atoms with Crippen molar-refractivity contribution in [3.63, 3.8) is 0 Å². The summed E-state index contributed by atoms with van der Waals surface area (Å²) in [6, 6.07) is 6.31. The van der Waals surface area contributed by atoms with E-state index in [2.05, 4.69) is 37.6 Å². The summed E-state index contributed by atoms with van der Waals surface area (Å²) in [6.45, 7) is 9.09. The summed E-state index contributed by atoms with van der Waals surface area (Å²) in [5, 5.41) is 1.26. The molecule has 1 aromatic heterocycles. The van der Waals surface area contributed by atoms with Crippen LogP contribution >= 0.6 is 0 Å². The zero-order valence-electron chi connectivity index (χ0n) is 12.5. The van der Waals surface area contributed by atoms with Crippen molar-refractivity contribution >= 4 is 10.9 Å². The molecule has 2 aromatic rings. The highest BCUT2D eigenvalue weighted by Gasteiger charge is 2.17. The van der Waals surface area contributed by atoms with Gasteiger partial charge >= 0.3 is 0 Å². The van der Waals surface area contributed by atoms with Crippen molar-refractivity contribution in [2.45, 2.75) is 39.7 Å². The van der Waals surface area contributed by atoms with Gasteiger partial charge in [-0.1, -0.05) is 6.92 Å². The molecule has 0 aliphatic rings. The molecule has 1 unspecified atom stereocenters. The van der Waals surface area contributed by atoms with Crippen LogP contribution in [-0.2, 0) is 7.05 Å². The van der Waals surface area contributed by atoms with Gasteiger partial charge in [0.1, 0.15) is 5.75 Å². The van der Waals surface area contributed by atoms with Gasteiger partial charge in [-0.25, -0.2) is 0 Å². The summed E-state index contributed by atoms with van der Waals surface area (Å²) in [7, 11) is 2.10. The Labute approximate surface area is 115 Å². The van der Waals surface area contributed by atoms with Crippen LogP contribution in [0.3, 0.4) is 0 Å². The second kappa shape index (κ2) is 5.25. The first-order valence-electron chi connectivity index (χ1n) is 6.91. The average Bonchev–Trinajstić information content (AvgIpc) is 2.60. The van der Waals surface area contributed by atoms with Crippen molar-refractivity contribution in [3.05, 3.63) is 29.5 Å². The third-order valence-electron chi connectivity index (χ3n) is 3.73. The molecule has 0 fully saturated rings. The molecule has 1 aromatic carbocycles. The highest BCUT2D eigenvalue weighted by Crippen LogP contribution is 2.33. The Kier molecular flexibility index (Phi) is 3.85. The molecule has 3 heteroatoms. The van der Waals surface area contributed by atoms with Crippen molar-refractivity contribution in [1.82, 2.24) is 4.57 Å². The fourth-order valence-electron chi connectivity index (χ4n) is 2.66. The van der Waals surface area contributed by atoms with E-state index in [4.69, 9.17) is 10.5 Å². The lowest BCUT2D eigenvalue weighted by molar-refractivity contribution is 0.243. The summed E-state index contributed by atoms with van der Waals surface area (Å²) in [5.74, 6) is 1.29. The fraction of sp³-hybridized carbons (Fsp3) is 0.500. The van der Waals surface area contributed by atoms with E-state index >= 15 is 0 Å². The van der Waals surface area contributed by atoms with Crippen LogP contribution in [0.2, 0.25) is 0 Å². The van der Waals surface area contributed by atoms with Gasteiger partial charge in [-0.05, 0) is 57.0 Å². The van der Waals surface area contributed by atoms with Gasteiger partial charge in [-0.2, -0.15) is 0 Å². The predicted octanol–water partition coefficient (Wildman–Crippen LogP) is 3.34. The minimum Gasteiger partial charge on any atom is -0.491 e. The van der Waals surface area contributed by atoms with Crippen LogP contribution in [0.1, 0.15) is 37.9 Å². The number of aryl methyl sites for hydroxylation is 1. The Balaban J connectivity index is 2.62. The molecule has 0 bridgehead atoms. The smallest absolute Gasteiger partial charge is 0.120 e. The Morgan fingerprint density at radius 1 is 1.26 bits per heavy atom. The number of hydrogen-bond acceptors (Lipinski definition) is 2. The molecule has 19 heavy (non-hydrogen) atoms.